The lowest BCUT2D eigenvalue weighted by molar-refractivity contribution is 0.591. The first kappa shape index (κ1) is 15.8. The van der Waals surface area contributed by atoms with Gasteiger partial charge in [-0.05, 0) is 67.9 Å². The summed E-state index contributed by atoms with van der Waals surface area (Å²) in [5.41, 5.74) is 3.61. The molecule has 0 saturated carbocycles. The van der Waals surface area contributed by atoms with Gasteiger partial charge in [-0.25, -0.2) is 4.39 Å². The fourth-order valence-corrected chi connectivity index (χ4v) is 3.44. The summed E-state index contributed by atoms with van der Waals surface area (Å²) in [7, 11) is 0. The Hall–Kier alpha value is -2.67. The first-order chi connectivity index (χ1) is 11.9. The van der Waals surface area contributed by atoms with E-state index in [2.05, 4.69) is 69.3 Å². The second-order valence-electron chi connectivity index (χ2n) is 7.66. The molecule has 0 bridgehead atoms. The van der Waals surface area contributed by atoms with Gasteiger partial charge in [0.2, 0.25) is 0 Å². The number of hydrogen-bond acceptors (Lipinski definition) is 0. The van der Waals surface area contributed by atoms with Gasteiger partial charge in [0, 0.05) is 0 Å². The van der Waals surface area contributed by atoms with E-state index >= 15 is 0 Å². The van der Waals surface area contributed by atoms with Crippen molar-refractivity contribution in [2.45, 2.75) is 26.2 Å². The van der Waals surface area contributed by atoms with Gasteiger partial charge >= 0.3 is 0 Å². The van der Waals surface area contributed by atoms with Crippen molar-refractivity contribution in [1.29, 1.82) is 0 Å². The SMILES string of the molecule is CC(C)(C)c1ccc2c(-c3ccc(F)cc3)cc3ccccc3c2c1. The Labute approximate surface area is 147 Å². The predicted octanol–water partition coefficient (Wildman–Crippen LogP) is 7.10. The second kappa shape index (κ2) is 5.70. The first-order valence-corrected chi connectivity index (χ1v) is 8.65. The molecule has 0 fully saturated rings. The number of benzene rings is 4. The lowest BCUT2D eigenvalue weighted by Gasteiger charge is -2.21. The highest BCUT2D eigenvalue weighted by molar-refractivity contribution is 6.14. The Bertz CT molecular complexity index is 1070. The Morgan fingerprint density at radius 3 is 2.12 bits per heavy atom. The van der Waals surface area contributed by atoms with Crippen LogP contribution in [0.15, 0.2) is 72.8 Å². The number of hydrogen-bond donors (Lipinski definition) is 0. The molecule has 0 nitrogen and oxygen atoms in total. The van der Waals surface area contributed by atoms with Crippen molar-refractivity contribution in [2.24, 2.45) is 0 Å². The van der Waals surface area contributed by atoms with Crippen molar-refractivity contribution >= 4 is 21.5 Å². The predicted molar refractivity (Wildman–Crippen MR) is 106 cm³/mol. The zero-order valence-corrected chi connectivity index (χ0v) is 14.8. The molecule has 1 heteroatoms. The molecular formula is C24H21F. The molecule has 0 radical (unpaired) electrons. The van der Waals surface area contributed by atoms with Crippen LogP contribution in [0.25, 0.3) is 32.7 Å². The van der Waals surface area contributed by atoms with Gasteiger partial charge in [0.15, 0.2) is 0 Å². The minimum Gasteiger partial charge on any atom is -0.207 e. The fourth-order valence-electron chi connectivity index (χ4n) is 3.44. The van der Waals surface area contributed by atoms with Crippen LogP contribution in [0, 0.1) is 5.82 Å². The summed E-state index contributed by atoms with van der Waals surface area (Å²) in [5.74, 6) is -0.205. The van der Waals surface area contributed by atoms with Crippen LogP contribution in [0.2, 0.25) is 0 Å². The van der Waals surface area contributed by atoms with Crippen molar-refractivity contribution in [2.75, 3.05) is 0 Å². The topological polar surface area (TPSA) is 0 Å². The molecule has 0 N–H and O–H groups in total. The Balaban J connectivity index is 2.10. The molecule has 0 amide bonds. The molecule has 0 unspecified atom stereocenters. The van der Waals surface area contributed by atoms with Crippen LogP contribution in [0.1, 0.15) is 26.3 Å². The lowest BCUT2D eigenvalue weighted by atomic mass is 9.84. The molecule has 0 atom stereocenters. The van der Waals surface area contributed by atoms with Crippen LogP contribution in [-0.2, 0) is 5.41 Å². The van der Waals surface area contributed by atoms with E-state index in [1.807, 2.05) is 12.1 Å². The van der Waals surface area contributed by atoms with Gasteiger partial charge in [-0.15, -0.1) is 0 Å². The zero-order chi connectivity index (χ0) is 17.6. The highest BCUT2D eigenvalue weighted by Crippen LogP contribution is 2.37. The minimum absolute atomic E-state index is 0.0984. The maximum absolute atomic E-state index is 13.4. The van der Waals surface area contributed by atoms with Gasteiger partial charge in [-0.3, -0.25) is 0 Å². The molecule has 4 aromatic carbocycles. The van der Waals surface area contributed by atoms with Crippen LogP contribution in [0.4, 0.5) is 4.39 Å². The molecule has 124 valence electrons. The molecule has 25 heavy (non-hydrogen) atoms. The van der Waals surface area contributed by atoms with Crippen molar-refractivity contribution in [3.63, 3.8) is 0 Å². The normalized spacial score (nSPS) is 12.0. The third-order valence-electron chi connectivity index (χ3n) is 4.88. The quantitative estimate of drug-likeness (QED) is 0.327. The van der Waals surface area contributed by atoms with Gasteiger partial charge in [-0.2, -0.15) is 0 Å². The van der Waals surface area contributed by atoms with Crippen LogP contribution >= 0.6 is 0 Å². The van der Waals surface area contributed by atoms with Crippen LogP contribution in [0.5, 0.6) is 0 Å². The molecule has 0 saturated heterocycles. The van der Waals surface area contributed by atoms with Gasteiger partial charge in [0.25, 0.3) is 0 Å². The average molecular weight is 328 g/mol. The van der Waals surface area contributed by atoms with E-state index < -0.39 is 0 Å². The van der Waals surface area contributed by atoms with Crippen molar-refractivity contribution < 1.29 is 4.39 Å². The van der Waals surface area contributed by atoms with Crippen molar-refractivity contribution in [1.82, 2.24) is 0 Å². The maximum atomic E-state index is 13.4. The molecule has 0 aliphatic carbocycles. The molecule has 0 aliphatic rings. The largest absolute Gasteiger partial charge is 0.207 e. The number of rotatable bonds is 1. The summed E-state index contributed by atoms with van der Waals surface area (Å²) in [6.07, 6.45) is 0. The van der Waals surface area contributed by atoms with E-state index in [0.717, 1.165) is 11.1 Å². The van der Waals surface area contributed by atoms with E-state index in [4.69, 9.17) is 0 Å². The average Bonchev–Trinajstić information content (AvgIpc) is 2.60. The number of halogens is 1. The molecule has 4 aromatic rings. The van der Waals surface area contributed by atoms with Crippen LogP contribution < -0.4 is 0 Å². The summed E-state index contributed by atoms with van der Waals surface area (Å²) in [6, 6.07) is 24.2. The number of fused-ring (bicyclic) bond motifs is 3. The van der Waals surface area contributed by atoms with E-state index in [9.17, 15) is 4.39 Å². The van der Waals surface area contributed by atoms with Gasteiger partial charge in [-0.1, -0.05) is 69.3 Å². The molecule has 0 spiro atoms. The van der Waals surface area contributed by atoms with E-state index in [0.29, 0.717) is 0 Å². The third-order valence-corrected chi connectivity index (χ3v) is 4.88. The molecular weight excluding hydrogens is 307 g/mol. The lowest BCUT2D eigenvalue weighted by Crippen LogP contribution is -2.10. The monoisotopic (exact) mass is 328 g/mol. The van der Waals surface area contributed by atoms with Crippen LogP contribution in [0.3, 0.4) is 0 Å². The Morgan fingerprint density at radius 2 is 1.40 bits per heavy atom. The van der Waals surface area contributed by atoms with Crippen molar-refractivity contribution in [3.05, 3.63) is 84.2 Å². The first-order valence-electron chi connectivity index (χ1n) is 8.65. The minimum atomic E-state index is -0.205. The summed E-state index contributed by atoms with van der Waals surface area (Å²) in [4.78, 5) is 0. The smallest absolute Gasteiger partial charge is 0.123 e. The highest BCUT2D eigenvalue weighted by atomic mass is 19.1. The zero-order valence-electron chi connectivity index (χ0n) is 14.8. The fraction of sp³-hybridized carbons (Fsp3) is 0.167. The summed E-state index contributed by atoms with van der Waals surface area (Å²) < 4.78 is 13.4. The molecule has 4 rings (SSSR count). The maximum Gasteiger partial charge on any atom is 0.123 e. The standard InChI is InChI=1S/C24H21F/c1-24(2,3)18-10-13-21-22(16-8-11-19(25)12-9-16)14-17-6-4-5-7-20(17)23(21)15-18/h4-15H,1-3H3. The van der Waals surface area contributed by atoms with E-state index in [1.54, 1.807) is 0 Å². The third kappa shape index (κ3) is 2.80. The molecule has 0 heterocycles. The molecule has 0 aromatic heterocycles. The van der Waals surface area contributed by atoms with E-state index in [1.165, 1.54) is 39.2 Å². The van der Waals surface area contributed by atoms with Crippen molar-refractivity contribution in [3.8, 4) is 11.1 Å². The molecule has 0 aliphatic heterocycles. The second-order valence-corrected chi connectivity index (χ2v) is 7.66. The van der Waals surface area contributed by atoms with Gasteiger partial charge in [0.05, 0.1) is 0 Å². The summed E-state index contributed by atoms with van der Waals surface area (Å²) >= 11 is 0. The summed E-state index contributed by atoms with van der Waals surface area (Å²) in [6.45, 7) is 6.71. The van der Waals surface area contributed by atoms with Gasteiger partial charge in [0.1, 0.15) is 5.82 Å². The Kier molecular flexibility index (Phi) is 3.61. The van der Waals surface area contributed by atoms with E-state index in [-0.39, 0.29) is 11.2 Å². The Morgan fingerprint density at radius 1 is 0.680 bits per heavy atom. The van der Waals surface area contributed by atoms with Crippen LogP contribution in [-0.4, -0.2) is 0 Å². The van der Waals surface area contributed by atoms with Gasteiger partial charge < -0.3 is 0 Å². The summed E-state index contributed by atoms with van der Waals surface area (Å²) in [5, 5.41) is 4.93. The highest BCUT2D eigenvalue weighted by Gasteiger charge is 2.16.